The minimum Gasteiger partial charge on any atom is -0.486 e. The van der Waals surface area contributed by atoms with E-state index < -0.39 is 11.7 Å². The summed E-state index contributed by atoms with van der Waals surface area (Å²) in [6.45, 7) is 4.91. The summed E-state index contributed by atoms with van der Waals surface area (Å²) in [6.07, 6.45) is 4.94. The van der Waals surface area contributed by atoms with Gasteiger partial charge >= 0.3 is 0 Å². The van der Waals surface area contributed by atoms with Crippen LogP contribution in [0.1, 0.15) is 35.2 Å². The van der Waals surface area contributed by atoms with Crippen LogP contribution in [0, 0.1) is 5.82 Å². The molecule has 2 aliphatic rings. The first-order chi connectivity index (χ1) is 17.9. The molecule has 2 heterocycles. The van der Waals surface area contributed by atoms with E-state index in [-0.39, 0.29) is 11.4 Å². The average Bonchev–Trinajstić information content (AvgIpc) is 3.43. The highest BCUT2D eigenvalue weighted by Crippen LogP contribution is 2.38. The summed E-state index contributed by atoms with van der Waals surface area (Å²) in [4.78, 5) is 24.6. The third-order valence-electron chi connectivity index (χ3n) is 6.34. The number of Topliss-reactive ketones (excluding diaryl/α,β-unsaturated/α-hetero) is 1. The lowest BCUT2D eigenvalue weighted by Crippen LogP contribution is -2.22. The highest BCUT2D eigenvalue weighted by Gasteiger charge is 2.17. The lowest BCUT2D eigenvalue weighted by molar-refractivity contribution is -0.114. The van der Waals surface area contributed by atoms with Gasteiger partial charge in [0.2, 0.25) is 5.78 Å². The second-order valence-corrected chi connectivity index (χ2v) is 9.44. The Labute approximate surface area is 221 Å². The van der Waals surface area contributed by atoms with Gasteiger partial charge in [-0.2, -0.15) is 0 Å². The molecule has 0 spiro atoms. The summed E-state index contributed by atoms with van der Waals surface area (Å²) in [6, 6.07) is 16.5. The predicted octanol–water partition coefficient (Wildman–Crippen LogP) is 5.30. The Hall–Kier alpha value is -3.42. The smallest absolute Gasteiger partial charge is 0.289 e. The molecule has 2 N–H and O–H groups in total. The number of ether oxygens (including phenoxy) is 2. The van der Waals surface area contributed by atoms with Crippen molar-refractivity contribution in [1.29, 1.82) is 0 Å². The second kappa shape index (κ2) is 12.7. The van der Waals surface area contributed by atoms with Crippen LogP contribution in [0.15, 0.2) is 60.7 Å². The standard InChI is InChI=1S/C15H20ClNO2.C14H10FNO2/c16-13-10-12(4-3-7-17-5-1-2-6-17)11-14-15(13)19-9-8-18-14;15-12-7-5-10(6-8-12)9-1-3-11(4-2-9)13(17)14(16)18/h10-11H,1-9H2;1-8H,(H2,16,18). The van der Waals surface area contributed by atoms with Crippen LogP contribution in [0.2, 0.25) is 5.02 Å². The number of ketones is 1. The number of hydrogen-bond donors (Lipinski definition) is 1. The van der Waals surface area contributed by atoms with Crippen LogP contribution >= 0.6 is 11.6 Å². The highest BCUT2D eigenvalue weighted by atomic mass is 35.5. The number of nitrogens with two attached hydrogens (primary N) is 1. The zero-order chi connectivity index (χ0) is 26.2. The first-order valence-corrected chi connectivity index (χ1v) is 12.8. The van der Waals surface area contributed by atoms with Gasteiger partial charge in [-0.1, -0.05) is 48.0 Å². The van der Waals surface area contributed by atoms with Gasteiger partial charge in [0, 0.05) is 5.56 Å². The molecule has 6 nitrogen and oxygen atoms in total. The maximum absolute atomic E-state index is 12.8. The van der Waals surface area contributed by atoms with Gasteiger partial charge in [-0.3, -0.25) is 9.59 Å². The molecule has 0 radical (unpaired) electrons. The fourth-order valence-corrected chi connectivity index (χ4v) is 4.71. The lowest BCUT2D eigenvalue weighted by atomic mass is 10.0. The largest absolute Gasteiger partial charge is 0.486 e. The summed E-state index contributed by atoms with van der Waals surface area (Å²) in [7, 11) is 0. The molecule has 1 saturated heterocycles. The van der Waals surface area contributed by atoms with Crippen LogP contribution in [-0.4, -0.2) is 49.4 Å². The average molecular weight is 525 g/mol. The van der Waals surface area contributed by atoms with Crippen LogP contribution in [0.3, 0.4) is 0 Å². The number of nitrogens with zero attached hydrogens (tertiary/aromatic N) is 1. The van der Waals surface area contributed by atoms with E-state index in [1.807, 2.05) is 6.07 Å². The molecule has 8 heteroatoms. The number of carbonyl (C=O) groups excluding carboxylic acids is 2. The number of amides is 1. The van der Waals surface area contributed by atoms with E-state index in [0.29, 0.717) is 24.0 Å². The summed E-state index contributed by atoms with van der Waals surface area (Å²) in [5, 5.41) is 0.674. The molecule has 0 atom stereocenters. The monoisotopic (exact) mass is 524 g/mol. The lowest BCUT2D eigenvalue weighted by Gasteiger charge is -2.20. The van der Waals surface area contributed by atoms with Crippen molar-refractivity contribution in [3.63, 3.8) is 0 Å². The quantitative estimate of drug-likeness (QED) is 0.335. The third kappa shape index (κ3) is 7.31. The molecule has 5 rings (SSSR count). The number of hydrogen-bond acceptors (Lipinski definition) is 5. The number of carbonyl (C=O) groups is 2. The molecule has 0 bridgehead atoms. The molecule has 1 fully saturated rings. The molecule has 0 aromatic heterocycles. The SMILES string of the molecule is Clc1cc(CCCN2CCCC2)cc2c1OCCO2.NC(=O)C(=O)c1ccc(-c2ccc(F)cc2)cc1. The van der Waals surface area contributed by atoms with Crippen molar-refractivity contribution in [1.82, 2.24) is 4.90 Å². The van der Waals surface area contributed by atoms with Crippen LogP contribution in [0.25, 0.3) is 11.1 Å². The van der Waals surface area contributed by atoms with E-state index in [9.17, 15) is 14.0 Å². The molecule has 0 unspecified atom stereocenters. The van der Waals surface area contributed by atoms with Crippen LogP contribution in [0.4, 0.5) is 4.39 Å². The number of likely N-dealkylation sites (tertiary alicyclic amines) is 1. The number of primary amides is 1. The molecule has 37 heavy (non-hydrogen) atoms. The van der Waals surface area contributed by atoms with Gasteiger partial charge in [-0.15, -0.1) is 0 Å². The van der Waals surface area contributed by atoms with Gasteiger partial charge in [-0.05, 0) is 86.3 Å². The fraction of sp³-hybridized carbons (Fsp3) is 0.310. The Morgan fingerprint density at radius 1 is 0.919 bits per heavy atom. The summed E-state index contributed by atoms with van der Waals surface area (Å²) < 4.78 is 23.9. The number of halogens is 2. The summed E-state index contributed by atoms with van der Waals surface area (Å²) in [5.74, 6) is -0.504. The summed E-state index contributed by atoms with van der Waals surface area (Å²) in [5.41, 5.74) is 8.05. The minimum absolute atomic E-state index is 0.244. The van der Waals surface area contributed by atoms with E-state index in [0.717, 1.165) is 23.3 Å². The Bertz CT molecular complexity index is 1230. The number of aryl methyl sites for hydroxylation is 1. The van der Waals surface area contributed by atoms with Crippen molar-refractivity contribution in [3.05, 3.63) is 82.6 Å². The normalized spacial score (nSPS) is 14.5. The van der Waals surface area contributed by atoms with E-state index in [1.165, 1.54) is 68.7 Å². The molecule has 2 aliphatic heterocycles. The Morgan fingerprint density at radius 3 is 2.19 bits per heavy atom. The molecule has 0 saturated carbocycles. The third-order valence-corrected chi connectivity index (χ3v) is 6.62. The number of rotatable bonds is 7. The van der Waals surface area contributed by atoms with Crippen molar-refractivity contribution in [2.75, 3.05) is 32.8 Å². The van der Waals surface area contributed by atoms with Crippen molar-refractivity contribution in [3.8, 4) is 22.6 Å². The van der Waals surface area contributed by atoms with Gasteiger partial charge in [-0.25, -0.2) is 4.39 Å². The maximum atomic E-state index is 12.8. The van der Waals surface area contributed by atoms with E-state index >= 15 is 0 Å². The zero-order valence-corrected chi connectivity index (χ0v) is 21.3. The second-order valence-electron chi connectivity index (χ2n) is 9.03. The van der Waals surface area contributed by atoms with E-state index in [4.69, 9.17) is 26.8 Å². The number of fused-ring (bicyclic) bond motifs is 1. The Kier molecular flexibility index (Phi) is 9.14. The van der Waals surface area contributed by atoms with Gasteiger partial charge in [0.05, 0.1) is 5.02 Å². The van der Waals surface area contributed by atoms with Crippen LogP contribution < -0.4 is 15.2 Å². The molecule has 3 aromatic rings. The van der Waals surface area contributed by atoms with E-state index in [1.54, 1.807) is 24.3 Å². The molecular formula is C29H30ClFN2O4. The highest BCUT2D eigenvalue weighted by molar-refractivity contribution is 6.42. The first-order valence-electron chi connectivity index (χ1n) is 12.4. The van der Waals surface area contributed by atoms with Crippen molar-refractivity contribution in [2.24, 2.45) is 5.73 Å². The van der Waals surface area contributed by atoms with Crippen molar-refractivity contribution < 1.29 is 23.5 Å². The molecule has 1 amide bonds. The molecule has 0 aliphatic carbocycles. The maximum Gasteiger partial charge on any atom is 0.289 e. The van der Waals surface area contributed by atoms with Crippen molar-refractivity contribution in [2.45, 2.75) is 25.7 Å². The van der Waals surface area contributed by atoms with Gasteiger partial charge < -0.3 is 20.1 Å². The minimum atomic E-state index is -0.982. The van der Waals surface area contributed by atoms with E-state index in [2.05, 4.69) is 11.0 Å². The number of benzene rings is 3. The van der Waals surface area contributed by atoms with Gasteiger partial charge in [0.15, 0.2) is 11.5 Å². The Morgan fingerprint density at radius 2 is 1.54 bits per heavy atom. The van der Waals surface area contributed by atoms with Crippen LogP contribution in [-0.2, 0) is 11.2 Å². The predicted molar refractivity (Wildman–Crippen MR) is 142 cm³/mol. The van der Waals surface area contributed by atoms with Crippen LogP contribution in [0.5, 0.6) is 11.5 Å². The molecule has 194 valence electrons. The zero-order valence-electron chi connectivity index (χ0n) is 20.6. The summed E-state index contributed by atoms with van der Waals surface area (Å²) >= 11 is 6.24. The van der Waals surface area contributed by atoms with Gasteiger partial charge in [0.25, 0.3) is 5.91 Å². The molecule has 3 aromatic carbocycles. The Balaban J connectivity index is 0.000000173. The van der Waals surface area contributed by atoms with Crippen molar-refractivity contribution >= 4 is 23.3 Å². The topological polar surface area (TPSA) is 81.9 Å². The van der Waals surface area contributed by atoms with Gasteiger partial charge in [0.1, 0.15) is 19.0 Å². The fourth-order valence-electron chi connectivity index (χ4n) is 4.42. The molecular weight excluding hydrogens is 495 g/mol. The first kappa shape index (κ1) is 26.6.